The van der Waals surface area contributed by atoms with Crippen LogP contribution in [-0.2, 0) is 4.79 Å². The van der Waals surface area contributed by atoms with Gasteiger partial charge in [0, 0.05) is 18.8 Å². The number of nitrogens with one attached hydrogen (secondary N) is 1. The van der Waals surface area contributed by atoms with Gasteiger partial charge < -0.3 is 20.6 Å². The van der Waals surface area contributed by atoms with Crippen LogP contribution in [0.2, 0.25) is 0 Å². The molecule has 0 radical (unpaired) electrons. The molecule has 0 aromatic heterocycles. The van der Waals surface area contributed by atoms with Gasteiger partial charge in [0.15, 0.2) is 0 Å². The molecule has 1 aliphatic rings. The molecule has 0 saturated heterocycles. The molecule has 0 unspecified atom stereocenters. The third-order valence-electron chi connectivity index (χ3n) is 3.38. The van der Waals surface area contributed by atoms with Gasteiger partial charge in [-0.25, -0.2) is 8.78 Å². The normalized spacial score (nSPS) is 20.7. The van der Waals surface area contributed by atoms with E-state index in [4.69, 9.17) is 15.3 Å². The molecule has 1 amide bonds. The van der Waals surface area contributed by atoms with Gasteiger partial charge in [0.1, 0.15) is 5.54 Å². The van der Waals surface area contributed by atoms with Crippen LogP contribution >= 0.6 is 0 Å². The van der Waals surface area contributed by atoms with Gasteiger partial charge in [-0.3, -0.25) is 4.79 Å². The van der Waals surface area contributed by atoms with Crippen molar-refractivity contribution in [3.8, 4) is 0 Å². The predicted octanol–water partition coefficient (Wildman–Crippen LogP) is -0.356. The molecule has 0 aromatic rings. The summed E-state index contributed by atoms with van der Waals surface area (Å²) in [5.41, 5.74) is -1.49. The molecule has 0 spiro atoms. The molecular formula is C11H19F2NO4. The number of carbonyl (C=O) groups is 1. The second-order valence-electron chi connectivity index (χ2n) is 4.87. The van der Waals surface area contributed by atoms with Crippen molar-refractivity contribution >= 4 is 5.91 Å². The topological polar surface area (TPSA) is 89.8 Å². The molecule has 0 bridgehead atoms. The maximum atomic E-state index is 12.9. The zero-order valence-corrected chi connectivity index (χ0v) is 10.0. The Balaban J connectivity index is 2.56. The average Bonchev–Trinajstić information content (AvgIpc) is 2.36. The summed E-state index contributed by atoms with van der Waals surface area (Å²) in [5.74, 6) is -3.78. The molecule has 7 heteroatoms. The van der Waals surface area contributed by atoms with Crippen LogP contribution in [0.5, 0.6) is 0 Å². The van der Waals surface area contributed by atoms with Crippen LogP contribution in [0.3, 0.4) is 0 Å². The molecule has 4 N–H and O–H groups in total. The third kappa shape index (κ3) is 3.60. The summed E-state index contributed by atoms with van der Waals surface area (Å²) in [6, 6.07) is 0. The third-order valence-corrected chi connectivity index (χ3v) is 3.38. The first-order valence-electron chi connectivity index (χ1n) is 5.90. The van der Waals surface area contributed by atoms with Crippen molar-refractivity contribution in [3.63, 3.8) is 0 Å². The van der Waals surface area contributed by atoms with E-state index in [0.29, 0.717) is 0 Å². The maximum Gasteiger partial charge on any atom is 0.248 e. The summed E-state index contributed by atoms with van der Waals surface area (Å²) in [7, 11) is 0. The first-order chi connectivity index (χ1) is 8.38. The molecule has 1 rings (SSSR count). The number of aliphatic hydroxyl groups is 3. The summed E-state index contributed by atoms with van der Waals surface area (Å²) < 4.78 is 25.9. The number of halogens is 2. The lowest BCUT2D eigenvalue weighted by atomic mass is 9.85. The lowest BCUT2D eigenvalue weighted by Gasteiger charge is -2.33. The SMILES string of the molecule is O=C(NC(CO)(CO)CO)C1CCC(F)(F)CC1. The van der Waals surface area contributed by atoms with Crippen molar-refractivity contribution in [1.29, 1.82) is 0 Å². The second-order valence-corrected chi connectivity index (χ2v) is 4.87. The van der Waals surface area contributed by atoms with E-state index >= 15 is 0 Å². The summed E-state index contributed by atoms with van der Waals surface area (Å²) in [4.78, 5) is 11.8. The summed E-state index contributed by atoms with van der Waals surface area (Å²) in [6.07, 6.45) is -0.542. The number of alkyl halides is 2. The van der Waals surface area contributed by atoms with Crippen molar-refractivity contribution in [1.82, 2.24) is 5.32 Å². The summed E-state index contributed by atoms with van der Waals surface area (Å²) >= 11 is 0. The zero-order chi connectivity index (χ0) is 13.8. The van der Waals surface area contributed by atoms with Crippen molar-refractivity contribution < 1.29 is 28.9 Å². The summed E-state index contributed by atoms with van der Waals surface area (Å²) in [5, 5.41) is 29.5. The van der Waals surface area contributed by atoms with E-state index in [2.05, 4.69) is 5.32 Å². The van der Waals surface area contributed by atoms with E-state index < -0.39 is 43.1 Å². The van der Waals surface area contributed by atoms with Crippen LogP contribution in [0.1, 0.15) is 25.7 Å². The minimum atomic E-state index is -2.71. The van der Waals surface area contributed by atoms with E-state index in [0.717, 1.165) is 0 Å². The van der Waals surface area contributed by atoms with Crippen LogP contribution < -0.4 is 5.32 Å². The molecule has 0 aromatic carbocycles. The highest BCUT2D eigenvalue weighted by molar-refractivity contribution is 5.79. The predicted molar refractivity (Wildman–Crippen MR) is 59.0 cm³/mol. The number of aliphatic hydroxyl groups excluding tert-OH is 3. The maximum absolute atomic E-state index is 12.9. The molecule has 18 heavy (non-hydrogen) atoms. The van der Waals surface area contributed by atoms with E-state index in [1.165, 1.54) is 0 Å². The van der Waals surface area contributed by atoms with Crippen molar-refractivity contribution in [3.05, 3.63) is 0 Å². The van der Waals surface area contributed by atoms with Crippen molar-refractivity contribution in [2.45, 2.75) is 37.1 Å². The van der Waals surface area contributed by atoms with Crippen LogP contribution in [-0.4, -0.2) is 52.5 Å². The zero-order valence-electron chi connectivity index (χ0n) is 10.0. The number of amides is 1. The molecule has 106 valence electrons. The van der Waals surface area contributed by atoms with Gasteiger partial charge in [-0.05, 0) is 12.8 Å². The van der Waals surface area contributed by atoms with Crippen molar-refractivity contribution in [2.75, 3.05) is 19.8 Å². The van der Waals surface area contributed by atoms with Crippen LogP contribution in [0, 0.1) is 5.92 Å². The number of rotatable bonds is 5. The molecule has 1 saturated carbocycles. The van der Waals surface area contributed by atoms with E-state index in [1.54, 1.807) is 0 Å². The lowest BCUT2D eigenvalue weighted by molar-refractivity contribution is -0.133. The first-order valence-corrected chi connectivity index (χ1v) is 5.90. The second kappa shape index (κ2) is 5.90. The number of hydrogen-bond donors (Lipinski definition) is 4. The fourth-order valence-electron chi connectivity index (χ4n) is 1.93. The fourth-order valence-corrected chi connectivity index (χ4v) is 1.93. The van der Waals surface area contributed by atoms with E-state index in [9.17, 15) is 13.6 Å². The quantitative estimate of drug-likeness (QED) is 0.548. The standard InChI is InChI=1S/C11H19F2NO4/c12-11(13)3-1-8(2-4-11)9(18)14-10(5-15,6-16)7-17/h8,15-17H,1-7H2,(H,14,18). The Hall–Kier alpha value is -0.790. The Kier molecular flexibility index (Phi) is 5.01. The highest BCUT2D eigenvalue weighted by Gasteiger charge is 2.39. The van der Waals surface area contributed by atoms with Gasteiger partial charge in [0.2, 0.25) is 11.8 Å². The molecule has 0 atom stereocenters. The molecule has 0 aliphatic heterocycles. The van der Waals surface area contributed by atoms with Gasteiger partial charge in [-0.1, -0.05) is 0 Å². The van der Waals surface area contributed by atoms with Gasteiger partial charge in [0.05, 0.1) is 19.8 Å². The molecule has 5 nitrogen and oxygen atoms in total. The Morgan fingerprint density at radius 2 is 1.61 bits per heavy atom. The van der Waals surface area contributed by atoms with Gasteiger partial charge in [-0.15, -0.1) is 0 Å². The molecule has 0 heterocycles. The monoisotopic (exact) mass is 267 g/mol. The van der Waals surface area contributed by atoms with Crippen LogP contribution in [0.15, 0.2) is 0 Å². The minimum Gasteiger partial charge on any atom is -0.394 e. The Morgan fingerprint density at radius 3 is 2.00 bits per heavy atom. The minimum absolute atomic E-state index is 0.0667. The van der Waals surface area contributed by atoms with Crippen molar-refractivity contribution in [2.24, 2.45) is 5.92 Å². The van der Waals surface area contributed by atoms with Gasteiger partial charge in [0.25, 0.3) is 0 Å². The first kappa shape index (κ1) is 15.3. The van der Waals surface area contributed by atoms with Gasteiger partial charge >= 0.3 is 0 Å². The van der Waals surface area contributed by atoms with Gasteiger partial charge in [-0.2, -0.15) is 0 Å². The number of hydrogen-bond acceptors (Lipinski definition) is 4. The fraction of sp³-hybridized carbons (Fsp3) is 0.909. The largest absolute Gasteiger partial charge is 0.394 e. The van der Waals surface area contributed by atoms with Crippen LogP contribution in [0.4, 0.5) is 8.78 Å². The Labute approximate surface area is 104 Å². The average molecular weight is 267 g/mol. The van der Waals surface area contributed by atoms with Crippen LogP contribution in [0.25, 0.3) is 0 Å². The lowest BCUT2D eigenvalue weighted by Crippen LogP contribution is -2.58. The summed E-state index contributed by atoms with van der Waals surface area (Å²) in [6.45, 7) is -1.85. The van der Waals surface area contributed by atoms with E-state index in [-0.39, 0.29) is 25.7 Å². The molecular weight excluding hydrogens is 248 g/mol. The molecule has 1 fully saturated rings. The highest BCUT2D eigenvalue weighted by atomic mass is 19.3. The molecule has 1 aliphatic carbocycles. The Bertz CT molecular complexity index is 277. The Morgan fingerprint density at radius 1 is 1.17 bits per heavy atom. The van der Waals surface area contributed by atoms with E-state index in [1.807, 2.05) is 0 Å². The number of carbonyl (C=O) groups excluding carboxylic acids is 1. The smallest absolute Gasteiger partial charge is 0.248 e. The highest BCUT2D eigenvalue weighted by Crippen LogP contribution is 2.36.